The third-order valence-corrected chi connectivity index (χ3v) is 4.34. The van der Waals surface area contributed by atoms with Gasteiger partial charge >= 0.3 is 5.97 Å². The summed E-state index contributed by atoms with van der Waals surface area (Å²) >= 11 is 0. The number of aliphatic carboxylic acids is 1. The van der Waals surface area contributed by atoms with Gasteiger partial charge < -0.3 is 15.3 Å². The first kappa shape index (κ1) is 14.8. The molecule has 6 nitrogen and oxygen atoms in total. The van der Waals surface area contributed by atoms with E-state index in [4.69, 9.17) is 0 Å². The van der Waals surface area contributed by atoms with E-state index in [9.17, 15) is 19.5 Å². The topological polar surface area (TPSA) is 86.7 Å². The molecule has 0 bridgehead atoms. The van der Waals surface area contributed by atoms with Crippen molar-refractivity contribution < 1.29 is 19.5 Å². The van der Waals surface area contributed by atoms with Gasteiger partial charge in [-0.05, 0) is 25.2 Å². The maximum atomic E-state index is 12.5. The fourth-order valence-corrected chi connectivity index (χ4v) is 3.44. The summed E-state index contributed by atoms with van der Waals surface area (Å²) in [7, 11) is 0. The molecular weight excluding hydrogens is 260 g/mol. The molecule has 1 aliphatic heterocycles. The van der Waals surface area contributed by atoms with Crippen LogP contribution < -0.4 is 5.32 Å². The van der Waals surface area contributed by atoms with Gasteiger partial charge in [-0.15, -0.1) is 0 Å². The van der Waals surface area contributed by atoms with E-state index in [0.29, 0.717) is 25.9 Å². The molecule has 0 spiro atoms. The zero-order valence-electron chi connectivity index (χ0n) is 12.0. The van der Waals surface area contributed by atoms with E-state index >= 15 is 0 Å². The van der Waals surface area contributed by atoms with Crippen LogP contribution in [0.4, 0.5) is 0 Å². The highest BCUT2D eigenvalue weighted by molar-refractivity contribution is 5.85. The van der Waals surface area contributed by atoms with Gasteiger partial charge in [-0.1, -0.05) is 6.92 Å². The van der Waals surface area contributed by atoms with E-state index in [0.717, 1.165) is 6.42 Å². The van der Waals surface area contributed by atoms with E-state index < -0.39 is 17.8 Å². The molecule has 1 heterocycles. The van der Waals surface area contributed by atoms with Crippen LogP contribution in [-0.2, 0) is 14.4 Å². The summed E-state index contributed by atoms with van der Waals surface area (Å²) in [5.74, 6) is -1.71. The minimum atomic E-state index is -0.870. The van der Waals surface area contributed by atoms with Crippen LogP contribution in [0.5, 0.6) is 0 Å². The Hall–Kier alpha value is -1.59. The molecule has 0 aromatic heterocycles. The van der Waals surface area contributed by atoms with Gasteiger partial charge in [-0.3, -0.25) is 14.4 Å². The van der Waals surface area contributed by atoms with Gasteiger partial charge in [0.25, 0.3) is 0 Å². The average Bonchev–Trinajstić information content (AvgIpc) is 2.94. The molecule has 2 N–H and O–H groups in total. The molecule has 4 atom stereocenters. The van der Waals surface area contributed by atoms with Crippen molar-refractivity contribution >= 4 is 17.8 Å². The summed E-state index contributed by atoms with van der Waals surface area (Å²) in [4.78, 5) is 36.5. The first-order valence-corrected chi connectivity index (χ1v) is 7.17. The minimum absolute atomic E-state index is 0.00134. The number of amides is 2. The molecule has 1 saturated carbocycles. The number of carbonyl (C=O) groups excluding carboxylic acids is 2. The summed E-state index contributed by atoms with van der Waals surface area (Å²) in [5, 5.41) is 12.0. The Kier molecular flexibility index (Phi) is 4.30. The zero-order valence-corrected chi connectivity index (χ0v) is 12.0. The number of carboxylic acids is 1. The van der Waals surface area contributed by atoms with Crippen LogP contribution in [0.25, 0.3) is 0 Å². The maximum absolute atomic E-state index is 12.5. The van der Waals surface area contributed by atoms with Gasteiger partial charge in [0, 0.05) is 26.1 Å². The van der Waals surface area contributed by atoms with Crippen LogP contribution in [0.3, 0.4) is 0 Å². The van der Waals surface area contributed by atoms with Gasteiger partial charge in [0.05, 0.1) is 11.8 Å². The fourth-order valence-electron chi connectivity index (χ4n) is 3.44. The van der Waals surface area contributed by atoms with Crippen molar-refractivity contribution in [3.63, 3.8) is 0 Å². The van der Waals surface area contributed by atoms with E-state index in [1.165, 1.54) is 6.92 Å². The lowest BCUT2D eigenvalue weighted by molar-refractivity contribution is -0.148. The number of nitrogens with one attached hydrogen (secondary N) is 1. The third kappa shape index (κ3) is 3.11. The SMILES string of the molecule is CC(=O)NC1CCN(C(=O)[C@H]2CC(C)C[C@H]2C(=O)O)C1. The molecule has 2 rings (SSSR count). The normalized spacial score (nSPS) is 33.2. The van der Waals surface area contributed by atoms with E-state index in [2.05, 4.69) is 5.32 Å². The maximum Gasteiger partial charge on any atom is 0.307 e. The second-order valence-corrected chi connectivity index (χ2v) is 6.10. The van der Waals surface area contributed by atoms with Crippen molar-refractivity contribution in [2.75, 3.05) is 13.1 Å². The number of likely N-dealkylation sites (tertiary alicyclic amines) is 1. The first-order chi connectivity index (χ1) is 9.38. The molecule has 2 amide bonds. The van der Waals surface area contributed by atoms with Crippen molar-refractivity contribution in [2.45, 2.75) is 39.2 Å². The number of rotatable bonds is 3. The summed E-state index contributed by atoms with van der Waals surface area (Å²) in [5.41, 5.74) is 0. The average molecular weight is 282 g/mol. The third-order valence-electron chi connectivity index (χ3n) is 4.34. The van der Waals surface area contributed by atoms with Gasteiger partial charge in [0.2, 0.25) is 11.8 Å². The lowest BCUT2D eigenvalue weighted by atomic mass is 9.95. The molecule has 1 aliphatic carbocycles. The molecule has 2 fully saturated rings. The van der Waals surface area contributed by atoms with Crippen molar-refractivity contribution in [3.8, 4) is 0 Å². The standard InChI is InChI=1S/C14H22N2O4/c1-8-5-11(12(6-8)14(19)20)13(18)16-4-3-10(7-16)15-9(2)17/h8,10-12H,3-7H2,1-2H3,(H,15,17)(H,19,20)/t8?,10?,11-,12+/m0/s1. The number of carbonyl (C=O) groups is 3. The highest BCUT2D eigenvalue weighted by Gasteiger charge is 2.43. The van der Waals surface area contributed by atoms with Crippen LogP contribution in [0.15, 0.2) is 0 Å². The highest BCUT2D eigenvalue weighted by atomic mass is 16.4. The van der Waals surface area contributed by atoms with Crippen LogP contribution in [0.2, 0.25) is 0 Å². The van der Waals surface area contributed by atoms with E-state index in [1.807, 2.05) is 6.92 Å². The Bertz CT molecular complexity index is 423. The smallest absolute Gasteiger partial charge is 0.307 e. The predicted octanol–water partition coefficient (Wildman–Crippen LogP) is 0.470. The Morgan fingerprint density at radius 3 is 2.45 bits per heavy atom. The Labute approximate surface area is 118 Å². The predicted molar refractivity (Wildman–Crippen MR) is 71.8 cm³/mol. The van der Waals surface area contributed by atoms with Crippen molar-refractivity contribution in [1.82, 2.24) is 10.2 Å². The van der Waals surface area contributed by atoms with Crippen LogP contribution in [-0.4, -0.2) is 46.9 Å². The van der Waals surface area contributed by atoms with Crippen LogP contribution in [0, 0.1) is 17.8 Å². The number of hydrogen-bond acceptors (Lipinski definition) is 3. The monoisotopic (exact) mass is 282 g/mol. The van der Waals surface area contributed by atoms with Crippen molar-refractivity contribution in [3.05, 3.63) is 0 Å². The quantitative estimate of drug-likeness (QED) is 0.788. The lowest BCUT2D eigenvalue weighted by Gasteiger charge is -2.23. The van der Waals surface area contributed by atoms with E-state index in [-0.39, 0.29) is 23.8 Å². The van der Waals surface area contributed by atoms with Crippen molar-refractivity contribution in [2.24, 2.45) is 17.8 Å². The summed E-state index contributed by atoms with van der Waals surface area (Å²) in [6, 6.07) is -0.00134. The second-order valence-electron chi connectivity index (χ2n) is 6.10. The highest BCUT2D eigenvalue weighted by Crippen LogP contribution is 2.38. The molecule has 112 valence electrons. The van der Waals surface area contributed by atoms with Crippen molar-refractivity contribution in [1.29, 1.82) is 0 Å². The largest absolute Gasteiger partial charge is 0.481 e. The summed E-state index contributed by atoms with van der Waals surface area (Å²) < 4.78 is 0. The first-order valence-electron chi connectivity index (χ1n) is 7.17. The van der Waals surface area contributed by atoms with Crippen LogP contribution in [0.1, 0.15) is 33.1 Å². The van der Waals surface area contributed by atoms with Gasteiger partial charge in [0.1, 0.15) is 0 Å². The number of hydrogen-bond donors (Lipinski definition) is 2. The molecule has 0 radical (unpaired) electrons. The lowest BCUT2D eigenvalue weighted by Crippen LogP contribution is -2.41. The molecule has 0 aromatic rings. The van der Waals surface area contributed by atoms with Crippen LogP contribution >= 0.6 is 0 Å². The zero-order chi connectivity index (χ0) is 14.9. The molecule has 2 unspecified atom stereocenters. The summed E-state index contributed by atoms with van der Waals surface area (Å²) in [6.07, 6.45) is 1.97. The Morgan fingerprint density at radius 2 is 1.85 bits per heavy atom. The van der Waals surface area contributed by atoms with E-state index in [1.54, 1.807) is 4.90 Å². The second kappa shape index (κ2) is 5.81. The molecule has 20 heavy (non-hydrogen) atoms. The molecule has 0 aromatic carbocycles. The number of carboxylic acid groups (broad SMARTS) is 1. The fraction of sp³-hybridized carbons (Fsp3) is 0.786. The number of nitrogens with zero attached hydrogens (tertiary/aromatic N) is 1. The van der Waals surface area contributed by atoms with Gasteiger partial charge in [0.15, 0.2) is 0 Å². The molecule has 1 saturated heterocycles. The summed E-state index contributed by atoms with van der Waals surface area (Å²) in [6.45, 7) is 4.55. The van der Waals surface area contributed by atoms with Gasteiger partial charge in [-0.25, -0.2) is 0 Å². The van der Waals surface area contributed by atoms with Gasteiger partial charge in [-0.2, -0.15) is 0 Å². The Morgan fingerprint density at radius 1 is 1.20 bits per heavy atom. The molecule has 6 heteroatoms. The molecule has 2 aliphatic rings. The Balaban J connectivity index is 1.97. The molecular formula is C14H22N2O4. The minimum Gasteiger partial charge on any atom is -0.481 e.